The number of benzene rings is 1. The Kier molecular flexibility index (Phi) is 5.06. The fourth-order valence-electron chi connectivity index (χ4n) is 2.78. The standard InChI is InChI=1S/C14H18BrNO4S/c1-2-16(11-5-3-4-6-11)21(19,20)13-9-10(14(17)18)7-8-12(13)15/h7-9,11H,2-6H2,1H3,(H,17,18). The Bertz CT molecular complexity index is 638. The molecule has 2 rings (SSSR count). The van der Waals surface area contributed by atoms with Gasteiger partial charge in [-0.25, -0.2) is 13.2 Å². The molecule has 1 fully saturated rings. The minimum atomic E-state index is -3.70. The van der Waals surface area contributed by atoms with Crippen LogP contribution in [0.2, 0.25) is 0 Å². The van der Waals surface area contributed by atoms with E-state index >= 15 is 0 Å². The first-order valence-electron chi connectivity index (χ1n) is 6.92. The normalized spacial score (nSPS) is 16.5. The zero-order valence-electron chi connectivity index (χ0n) is 11.8. The van der Waals surface area contributed by atoms with E-state index in [0.29, 0.717) is 11.0 Å². The lowest BCUT2D eigenvalue weighted by Crippen LogP contribution is -2.38. The first-order chi connectivity index (χ1) is 9.87. The second-order valence-electron chi connectivity index (χ2n) is 5.10. The van der Waals surface area contributed by atoms with E-state index in [9.17, 15) is 13.2 Å². The van der Waals surface area contributed by atoms with Crippen LogP contribution in [0.3, 0.4) is 0 Å². The number of carboxylic acid groups (broad SMARTS) is 1. The molecular formula is C14H18BrNO4S. The highest BCUT2D eigenvalue weighted by Crippen LogP contribution is 2.32. The lowest BCUT2D eigenvalue weighted by molar-refractivity contribution is 0.0696. The number of carbonyl (C=O) groups is 1. The molecule has 0 aliphatic heterocycles. The Morgan fingerprint density at radius 1 is 1.38 bits per heavy atom. The van der Waals surface area contributed by atoms with Crippen molar-refractivity contribution in [2.45, 2.75) is 43.5 Å². The van der Waals surface area contributed by atoms with Crippen LogP contribution in [0.4, 0.5) is 0 Å². The molecule has 0 atom stereocenters. The van der Waals surface area contributed by atoms with Crippen molar-refractivity contribution < 1.29 is 18.3 Å². The number of aromatic carboxylic acids is 1. The molecule has 0 aromatic heterocycles. The molecule has 1 aliphatic rings. The van der Waals surface area contributed by atoms with E-state index in [1.54, 1.807) is 0 Å². The Morgan fingerprint density at radius 2 is 2.00 bits per heavy atom. The van der Waals surface area contributed by atoms with Crippen LogP contribution in [0.1, 0.15) is 43.0 Å². The maximum atomic E-state index is 12.8. The molecular weight excluding hydrogens is 358 g/mol. The van der Waals surface area contributed by atoms with Gasteiger partial charge in [-0.2, -0.15) is 4.31 Å². The Labute approximate surface area is 133 Å². The summed E-state index contributed by atoms with van der Waals surface area (Å²) in [6.45, 7) is 2.20. The van der Waals surface area contributed by atoms with Crippen molar-refractivity contribution in [2.75, 3.05) is 6.54 Å². The molecule has 0 heterocycles. The van der Waals surface area contributed by atoms with Crippen LogP contribution in [0, 0.1) is 0 Å². The second-order valence-corrected chi connectivity index (χ2v) is 7.81. The number of nitrogens with zero attached hydrogens (tertiary/aromatic N) is 1. The highest BCUT2D eigenvalue weighted by atomic mass is 79.9. The second kappa shape index (κ2) is 6.46. The molecule has 0 radical (unpaired) electrons. The van der Waals surface area contributed by atoms with Gasteiger partial charge in [0.1, 0.15) is 0 Å². The first-order valence-corrected chi connectivity index (χ1v) is 9.16. The zero-order chi connectivity index (χ0) is 15.6. The maximum absolute atomic E-state index is 12.8. The van der Waals surface area contributed by atoms with Crippen molar-refractivity contribution in [3.05, 3.63) is 28.2 Å². The summed E-state index contributed by atoms with van der Waals surface area (Å²) in [4.78, 5) is 11.1. The molecule has 116 valence electrons. The van der Waals surface area contributed by atoms with Crippen LogP contribution in [0.5, 0.6) is 0 Å². The molecule has 0 unspecified atom stereocenters. The lowest BCUT2D eigenvalue weighted by atomic mass is 10.2. The molecule has 1 aromatic rings. The molecule has 0 bridgehead atoms. The Balaban J connectivity index is 2.46. The predicted molar refractivity (Wildman–Crippen MR) is 82.9 cm³/mol. The zero-order valence-corrected chi connectivity index (χ0v) is 14.2. The molecule has 1 aromatic carbocycles. The average Bonchev–Trinajstić information content (AvgIpc) is 2.93. The third-order valence-corrected chi connectivity index (χ3v) is 6.83. The fourth-order valence-corrected chi connectivity index (χ4v) is 5.42. The van der Waals surface area contributed by atoms with E-state index in [-0.39, 0.29) is 16.5 Å². The van der Waals surface area contributed by atoms with Crippen LogP contribution >= 0.6 is 15.9 Å². The van der Waals surface area contributed by atoms with Gasteiger partial charge >= 0.3 is 5.97 Å². The number of sulfonamides is 1. The molecule has 5 nitrogen and oxygen atoms in total. The Hall–Kier alpha value is -0.920. The van der Waals surface area contributed by atoms with Crippen molar-refractivity contribution in [2.24, 2.45) is 0 Å². The summed E-state index contributed by atoms with van der Waals surface area (Å²) in [7, 11) is -3.70. The lowest BCUT2D eigenvalue weighted by Gasteiger charge is -2.27. The summed E-state index contributed by atoms with van der Waals surface area (Å²) >= 11 is 3.22. The number of halogens is 1. The molecule has 1 saturated carbocycles. The van der Waals surface area contributed by atoms with Crippen LogP contribution < -0.4 is 0 Å². The Morgan fingerprint density at radius 3 is 2.52 bits per heavy atom. The van der Waals surface area contributed by atoms with Crippen LogP contribution in [-0.2, 0) is 10.0 Å². The van der Waals surface area contributed by atoms with Gasteiger partial charge in [0.05, 0.1) is 10.5 Å². The topological polar surface area (TPSA) is 74.7 Å². The van der Waals surface area contributed by atoms with E-state index in [2.05, 4.69) is 15.9 Å². The minimum Gasteiger partial charge on any atom is -0.478 e. The van der Waals surface area contributed by atoms with Gasteiger partial charge in [-0.15, -0.1) is 0 Å². The van der Waals surface area contributed by atoms with Crippen LogP contribution in [-0.4, -0.2) is 36.4 Å². The van der Waals surface area contributed by atoms with Gasteiger partial charge in [-0.05, 0) is 47.0 Å². The summed E-state index contributed by atoms with van der Waals surface area (Å²) < 4.78 is 27.6. The van der Waals surface area contributed by atoms with Crippen molar-refractivity contribution in [3.63, 3.8) is 0 Å². The quantitative estimate of drug-likeness (QED) is 0.857. The molecule has 0 saturated heterocycles. The van der Waals surface area contributed by atoms with E-state index in [0.717, 1.165) is 25.7 Å². The molecule has 1 aliphatic carbocycles. The summed E-state index contributed by atoms with van der Waals surface area (Å²) in [6.07, 6.45) is 3.80. The first kappa shape index (κ1) is 16.5. The van der Waals surface area contributed by atoms with Gasteiger partial charge in [0.2, 0.25) is 10.0 Å². The number of hydrogen-bond donors (Lipinski definition) is 1. The summed E-state index contributed by atoms with van der Waals surface area (Å²) in [5, 5.41) is 9.05. The summed E-state index contributed by atoms with van der Waals surface area (Å²) in [5.41, 5.74) is -0.0285. The third-order valence-electron chi connectivity index (χ3n) is 3.81. The fraction of sp³-hybridized carbons (Fsp3) is 0.500. The van der Waals surface area contributed by atoms with Crippen molar-refractivity contribution in [1.29, 1.82) is 0 Å². The summed E-state index contributed by atoms with van der Waals surface area (Å²) in [5.74, 6) is -1.14. The van der Waals surface area contributed by atoms with Crippen molar-refractivity contribution >= 4 is 31.9 Å². The molecule has 21 heavy (non-hydrogen) atoms. The van der Waals surface area contributed by atoms with Crippen LogP contribution in [0.15, 0.2) is 27.6 Å². The molecule has 7 heteroatoms. The predicted octanol–water partition coefficient (Wildman–Crippen LogP) is 3.10. The largest absolute Gasteiger partial charge is 0.478 e. The van der Waals surface area contributed by atoms with Crippen molar-refractivity contribution in [1.82, 2.24) is 4.31 Å². The van der Waals surface area contributed by atoms with Gasteiger partial charge in [0.25, 0.3) is 0 Å². The average molecular weight is 376 g/mol. The highest BCUT2D eigenvalue weighted by molar-refractivity contribution is 9.10. The van der Waals surface area contributed by atoms with Gasteiger partial charge in [-0.1, -0.05) is 19.8 Å². The number of carboxylic acids is 1. The third kappa shape index (κ3) is 3.30. The minimum absolute atomic E-state index is 0.0142. The van der Waals surface area contributed by atoms with E-state index in [4.69, 9.17) is 5.11 Å². The molecule has 1 N–H and O–H groups in total. The molecule has 0 amide bonds. The van der Waals surface area contributed by atoms with Gasteiger partial charge in [0, 0.05) is 17.1 Å². The number of rotatable bonds is 5. The van der Waals surface area contributed by atoms with Crippen molar-refractivity contribution in [3.8, 4) is 0 Å². The van der Waals surface area contributed by atoms with Gasteiger partial charge in [-0.3, -0.25) is 0 Å². The number of hydrogen-bond acceptors (Lipinski definition) is 3. The van der Waals surface area contributed by atoms with Gasteiger partial charge < -0.3 is 5.11 Å². The monoisotopic (exact) mass is 375 g/mol. The molecule has 0 spiro atoms. The highest BCUT2D eigenvalue weighted by Gasteiger charge is 2.33. The van der Waals surface area contributed by atoms with Crippen LogP contribution in [0.25, 0.3) is 0 Å². The van der Waals surface area contributed by atoms with E-state index in [1.165, 1.54) is 22.5 Å². The van der Waals surface area contributed by atoms with Gasteiger partial charge in [0.15, 0.2) is 0 Å². The SMILES string of the molecule is CCN(C1CCCC1)S(=O)(=O)c1cc(C(=O)O)ccc1Br. The summed E-state index contributed by atoms with van der Waals surface area (Å²) in [6, 6.07) is 4.09. The van der Waals surface area contributed by atoms with E-state index in [1.807, 2.05) is 6.92 Å². The van der Waals surface area contributed by atoms with E-state index < -0.39 is 16.0 Å². The smallest absolute Gasteiger partial charge is 0.335 e. The maximum Gasteiger partial charge on any atom is 0.335 e.